The second-order valence-electron chi connectivity index (χ2n) is 6.64. The van der Waals surface area contributed by atoms with Gasteiger partial charge in [0.2, 0.25) is 5.89 Å². The molecule has 158 valence electrons. The summed E-state index contributed by atoms with van der Waals surface area (Å²) >= 11 is 0. The molecule has 7 heteroatoms. The standard InChI is InChI=1S/C23H25NO6/c1-4-28-21(23(25)26)12-17-10-11-18(13-20(17)27-3)29-14-19-15(2)30-22(24-19)16-8-6-5-7-9-16/h5-11,13,21H,4,12,14H2,1-3H3,(H,25,26)/t21-/m0/s1. The molecule has 7 nitrogen and oxygen atoms in total. The van der Waals surface area contributed by atoms with Crippen LogP contribution in [-0.4, -0.2) is 35.9 Å². The first-order chi connectivity index (χ1) is 14.5. The number of aliphatic carboxylic acids is 1. The molecule has 3 aromatic rings. The van der Waals surface area contributed by atoms with E-state index < -0.39 is 12.1 Å². The third-order valence-electron chi connectivity index (χ3n) is 4.60. The Bertz CT molecular complexity index is 983. The molecule has 0 saturated heterocycles. The minimum Gasteiger partial charge on any atom is -0.496 e. The maximum Gasteiger partial charge on any atom is 0.333 e. The van der Waals surface area contributed by atoms with Gasteiger partial charge in [0, 0.05) is 24.7 Å². The summed E-state index contributed by atoms with van der Waals surface area (Å²) in [5, 5.41) is 9.30. The Balaban J connectivity index is 1.70. The van der Waals surface area contributed by atoms with E-state index in [2.05, 4.69) is 4.98 Å². The Hall–Kier alpha value is -3.32. The first kappa shape index (κ1) is 21.4. The number of nitrogens with zero attached hydrogens (tertiary/aromatic N) is 1. The molecule has 0 fully saturated rings. The number of carboxylic acids is 1. The highest BCUT2D eigenvalue weighted by atomic mass is 16.5. The van der Waals surface area contributed by atoms with Gasteiger partial charge in [-0.3, -0.25) is 0 Å². The van der Waals surface area contributed by atoms with Crippen LogP contribution < -0.4 is 9.47 Å². The predicted octanol–water partition coefficient (Wildman–Crippen LogP) is 4.27. The zero-order valence-corrected chi connectivity index (χ0v) is 17.3. The summed E-state index contributed by atoms with van der Waals surface area (Å²) in [6.07, 6.45) is -0.722. The first-order valence-electron chi connectivity index (χ1n) is 9.67. The summed E-state index contributed by atoms with van der Waals surface area (Å²) in [6.45, 7) is 4.17. The molecule has 1 aromatic heterocycles. The monoisotopic (exact) mass is 411 g/mol. The molecule has 3 rings (SSSR count). The van der Waals surface area contributed by atoms with Gasteiger partial charge in [-0.2, -0.15) is 0 Å². The van der Waals surface area contributed by atoms with E-state index >= 15 is 0 Å². The molecule has 0 aliphatic carbocycles. The van der Waals surface area contributed by atoms with Crippen LogP contribution in [0.25, 0.3) is 11.5 Å². The highest BCUT2D eigenvalue weighted by molar-refractivity contribution is 5.73. The molecule has 1 atom stereocenters. The highest BCUT2D eigenvalue weighted by Gasteiger charge is 2.20. The number of carbonyl (C=O) groups is 1. The number of methoxy groups -OCH3 is 1. The van der Waals surface area contributed by atoms with Crippen molar-refractivity contribution in [3.8, 4) is 23.0 Å². The van der Waals surface area contributed by atoms with Crippen molar-refractivity contribution in [1.29, 1.82) is 0 Å². The number of hydrogen-bond acceptors (Lipinski definition) is 6. The quantitative estimate of drug-likeness (QED) is 0.533. The van der Waals surface area contributed by atoms with Crippen molar-refractivity contribution in [2.24, 2.45) is 0 Å². The third-order valence-corrected chi connectivity index (χ3v) is 4.60. The summed E-state index contributed by atoms with van der Waals surface area (Å²) in [6, 6.07) is 15.0. The van der Waals surface area contributed by atoms with Gasteiger partial charge in [-0.05, 0) is 37.6 Å². The fraction of sp³-hybridized carbons (Fsp3) is 0.304. The molecule has 1 heterocycles. The van der Waals surface area contributed by atoms with Gasteiger partial charge in [0.15, 0.2) is 6.10 Å². The van der Waals surface area contributed by atoms with E-state index in [0.717, 1.165) is 11.1 Å². The van der Waals surface area contributed by atoms with Crippen LogP contribution in [0.3, 0.4) is 0 Å². The summed E-state index contributed by atoms with van der Waals surface area (Å²) in [4.78, 5) is 15.9. The van der Waals surface area contributed by atoms with Crippen molar-refractivity contribution in [3.63, 3.8) is 0 Å². The number of oxazole rings is 1. The molecule has 1 N–H and O–H groups in total. The Labute approximate surface area is 175 Å². The van der Waals surface area contributed by atoms with Crippen molar-refractivity contribution in [2.45, 2.75) is 33.0 Å². The molecule has 0 amide bonds. The molecule has 30 heavy (non-hydrogen) atoms. The average Bonchev–Trinajstić information content (AvgIpc) is 3.13. The zero-order valence-electron chi connectivity index (χ0n) is 17.3. The summed E-state index contributed by atoms with van der Waals surface area (Å²) in [5.41, 5.74) is 2.34. The topological polar surface area (TPSA) is 91.0 Å². The summed E-state index contributed by atoms with van der Waals surface area (Å²) in [7, 11) is 1.53. The van der Waals surface area contributed by atoms with E-state index in [0.29, 0.717) is 35.5 Å². The van der Waals surface area contributed by atoms with Crippen molar-refractivity contribution < 1.29 is 28.5 Å². The van der Waals surface area contributed by atoms with Crippen molar-refractivity contribution >= 4 is 5.97 Å². The molecule has 0 saturated carbocycles. The zero-order chi connectivity index (χ0) is 21.5. The van der Waals surface area contributed by atoms with Crippen LogP contribution in [0.15, 0.2) is 52.9 Å². The SMILES string of the molecule is CCO[C@@H](Cc1ccc(OCc2nc(-c3ccccc3)oc2C)cc1OC)C(=O)O. The largest absolute Gasteiger partial charge is 0.496 e. The van der Waals surface area contributed by atoms with Crippen molar-refractivity contribution in [1.82, 2.24) is 4.98 Å². The molecule has 0 bridgehead atoms. The smallest absolute Gasteiger partial charge is 0.333 e. The number of rotatable bonds is 10. The molecule has 0 unspecified atom stereocenters. The number of benzene rings is 2. The third kappa shape index (κ3) is 5.18. The molecule has 0 aliphatic heterocycles. The lowest BCUT2D eigenvalue weighted by Crippen LogP contribution is -2.26. The van der Waals surface area contributed by atoms with Gasteiger partial charge in [-0.25, -0.2) is 9.78 Å². The van der Waals surface area contributed by atoms with Gasteiger partial charge < -0.3 is 23.7 Å². The molecular weight excluding hydrogens is 386 g/mol. The predicted molar refractivity (Wildman–Crippen MR) is 111 cm³/mol. The Morgan fingerprint density at radius 1 is 1.20 bits per heavy atom. The van der Waals surface area contributed by atoms with Gasteiger partial charge in [-0.1, -0.05) is 24.3 Å². The second kappa shape index (κ2) is 9.93. The van der Waals surface area contributed by atoms with E-state index in [1.807, 2.05) is 37.3 Å². The number of aromatic nitrogens is 1. The Kier molecular flexibility index (Phi) is 7.08. The first-order valence-corrected chi connectivity index (χ1v) is 9.67. The van der Waals surface area contributed by atoms with Crippen LogP contribution in [0, 0.1) is 6.92 Å². The fourth-order valence-electron chi connectivity index (χ4n) is 3.02. The van der Waals surface area contributed by atoms with Crippen LogP contribution in [0.1, 0.15) is 23.9 Å². The van der Waals surface area contributed by atoms with Crippen LogP contribution in [0.2, 0.25) is 0 Å². The molecule has 0 radical (unpaired) electrons. The van der Waals surface area contributed by atoms with E-state index in [1.54, 1.807) is 25.1 Å². The normalized spacial score (nSPS) is 11.8. The van der Waals surface area contributed by atoms with Crippen LogP contribution in [0.5, 0.6) is 11.5 Å². The minimum absolute atomic E-state index is 0.204. The fourth-order valence-corrected chi connectivity index (χ4v) is 3.02. The second-order valence-corrected chi connectivity index (χ2v) is 6.64. The Morgan fingerprint density at radius 2 is 1.97 bits per heavy atom. The molecule has 0 aliphatic rings. The van der Waals surface area contributed by atoms with Crippen LogP contribution in [0.4, 0.5) is 0 Å². The maximum absolute atomic E-state index is 11.3. The van der Waals surface area contributed by atoms with Gasteiger partial charge in [-0.15, -0.1) is 0 Å². The average molecular weight is 411 g/mol. The van der Waals surface area contributed by atoms with E-state index in [4.69, 9.17) is 18.6 Å². The van der Waals surface area contributed by atoms with Crippen LogP contribution >= 0.6 is 0 Å². The van der Waals surface area contributed by atoms with Crippen LogP contribution in [-0.2, 0) is 22.6 Å². The van der Waals surface area contributed by atoms with E-state index in [9.17, 15) is 9.90 Å². The van der Waals surface area contributed by atoms with Gasteiger partial charge in [0.05, 0.1) is 7.11 Å². The Morgan fingerprint density at radius 3 is 2.63 bits per heavy atom. The molecule has 0 spiro atoms. The molecule has 2 aromatic carbocycles. The maximum atomic E-state index is 11.3. The number of ether oxygens (including phenoxy) is 3. The minimum atomic E-state index is -1.00. The number of aryl methyl sites for hydroxylation is 1. The number of carboxylic acid groups (broad SMARTS) is 1. The van der Waals surface area contributed by atoms with E-state index in [-0.39, 0.29) is 13.0 Å². The van der Waals surface area contributed by atoms with Gasteiger partial charge in [0.1, 0.15) is 29.6 Å². The lowest BCUT2D eigenvalue weighted by Gasteiger charge is -2.15. The van der Waals surface area contributed by atoms with E-state index in [1.165, 1.54) is 7.11 Å². The van der Waals surface area contributed by atoms with Gasteiger partial charge >= 0.3 is 5.97 Å². The summed E-state index contributed by atoms with van der Waals surface area (Å²) in [5.74, 6) is 1.37. The highest BCUT2D eigenvalue weighted by Crippen LogP contribution is 2.28. The van der Waals surface area contributed by atoms with Gasteiger partial charge in [0.25, 0.3) is 0 Å². The summed E-state index contributed by atoms with van der Waals surface area (Å²) < 4.78 is 22.3. The number of hydrogen-bond donors (Lipinski definition) is 1. The molecular formula is C23H25NO6. The lowest BCUT2D eigenvalue weighted by atomic mass is 10.1. The van der Waals surface area contributed by atoms with Crippen molar-refractivity contribution in [2.75, 3.05) is 13.7 Å². The van der Waals surface area contributed by atoms with Crippen molar-refractivity contribution in [3.05, 3.63) is 65.5 Å². The lowest BCUT2D eigenvalue weighted by molar-refractivity contribution is -0.149.